The van der Waals surface area contributed by atoms with E-state index in [1.54, 1.807) is 0 Å². The Morgan fingerprint density at radius 1 is 1.13 bits per heavy atom. The normalized spacial score (nSPS) is 19.4. The lowest BCUT2D eigenvalue weighted by atomic mass is 9.99. The van der Waals surface area contributed by atoms with E-state index in [1.165, 1.54) is 22.3 Å². The first-order chi connectivity index (χ1) is 6.91. The summed E-state index contributed by atoms with van der Waals surface area (Å²) < 4.78 is 0. The van der Waals surface area contributed by atoms with E-state index < -0.39 is 7.38 Å². The van der Waals surface area contributed by atoms with Gasteiger partial charge in [0.05, 0.1) is 0 Å². The molecule has 2 heteroatoms. The zero-order valence-corrected chi connectivity index (χ0v) is 11.5. The molecule has 1 atom stereocenters. The predicted octanol–water partition coefficient (Wildman–Crippen LogP) is 4.40. The second kappa shape index (κ2) is 3.50. The van der Waals surface area contributed by atoms with E-state index in [1.807, 2.05) is 0 Å². The molecule has 0 bridgehead atoms. The number of benzene rings is 1. The first kappa shape index (κ1) is 11.0. The van der Waals surface area contributed by atoms with Crippen molar-refractivity contribution in [2.24, 2.45) is 0 Å². The van der Waals surface area contributed by atoms with E-state index >= 15 is 0 Å². The second-order valence-corrected chi connectivity index (χ2v) is 11.6. The predicted molar refractivity (Wildman–Crippen MR) is 71.0 cm³/mol. The first-order valence-electron chi connectivity index (χ1n) is 5.38. The highest BCUT2D eigenvalue weighted by atomic mass is 35.6. The molecule has 1 aromatic carbocycles. The molecule has 1 aliphatic rings. The van der Waals surface area contributed by atoms with Gasteiger partial charge in [-0.3, -0.25) is 0 Å². The van der Waals surface area contributed by atoms with Crippen molar-refractivity contribution in [2.45, 2.75) is 32.5 Å². The molecule has 0 saturated heterocycles. The Bertz CT molecular complexity index is 427. The van der Waals surface area contributed by atoms with E-state index in [2.05, 4.69) is 51.2 Å². The Kier molecular flexibility index (Phi) is 2.56. The van der Waals surface area contributed by atoms with E-state index in [-0.39, 0.29) is 0 Å². The standard InChI is InChI=1S/C13H17ClSi/c1-9-5-6-10(2)13-11(9)7-8-12(13)15(3,4)14/h5-8,12H,1-4H3. The SMILES string of the molecule is Cc1ccc(C)c2c1C=CC2[Si](C)(C)Cl. The quantitative estimate of drug-likeness (QED) is 0.501. The second-order valence-electron chi connectivity index (χ2n) is 4.93. The fourth-order valence-corrected chi connectivity index (χ4v) is 4.52. The lowest BCUT2D eigenvalue weighted by Gasteiger charge is -2.23. The van der Waals surface area contributed by atoms with Gasteiger partial charge < -0.3 is 0 Å². The summed E-state index contributed by atoms with van der Waals surface area (Å²) in [6.07, 6.45) is 4.54. The van der Waals surface area contributed by atoms with Crippen LogP contribution in [-0.4, -0.2) is 7.38 Å². The van der Waals surface area contributed by atoms with E-state index in [0.717, 1.165) is 0 Å². The maximum Gasteiger partial charge on any atom is 0.161 e. The molecule has 1 aliphatic carbocycles. The maximum absolute atomic E-state index is 6.58. The van der Waals surface area contributed by atoms with Crippen molar-refractivity contribution in [2.75, 3.05) is 0 Å². The van der Waals surface area contributed by atoms with Crippen LogP contribution in [0.15, 0.2) is 18.2 Å². The van der Waals surface area contributed by atoms with Crippen molar-refractivity contribution in [3.8, 4) is 0 Å². The number of fused-ring (bicyclic) bond motifs is 1. The molecule has 0 radical (unpaired) electrons. The largest absolute Gasteiger partial charge is 0.167 e. The Hall–Kier alpha value is -0.533. The summed E-state index contributed by atoms with van der Waals surface area (Å²) >= 11 is 6.58. The molecule has 0 aliphatic heterocycles. The third-order valence-corrected chi connectivity index (χ3v) is 5.89. The number of hydrogen-bond donors (Lipinski definition) is 0. The first-order valence-corrected chi connectivity index (χ1v) is 9.47. The van der Waals surface area contributed by atoms with Gasteiger partial charge in [-0.05, 0) is 36.1 Å². The van der Waals surface area contributed by atoms with E-state index in [4.69, 9.17) is 11.1 Å². The molecular formula is C13H17ClSi. The van der Waals surface area contributed by atoms with Crippen LogP contribution >= 0.6 is 11.1 Å². The molecule has 0 aromatic heterocycles. The Morgan fingerprint density at radius 3 is 2.33 bits per heavy atom. The molecule has 0 saturated carbocycles. The van der Waals surface area contributed by atoms with Gasteiger partial charge in [0.1, 0.15) is 0 Å². The van der Waals surface area contributed by atoms with Crippen molar-refractivity contribution in [1.82, 2.24) is 0 Å². The average Bonchev–Trinajstić information content (AvgIpc) is 2.55. The molecule has 0 spiro atoms. The summed E-state index contributed by atoms with van der Waals surface area (Å²) in [5.41, 5.74) is 6.10. The van der Waals surface area contributed by atoms with Crippen molar-refractivity contribution in [3.63, 3.8) is 0 Å². The highest BCUT2D eigenvalue weighted by Gasteiger charge is 2.34. The van der Waals surface area contributed by atoms with Crippen LogP contribution < -0.4 is 0 Å². The monoisotopic (exact) mass is 236 g/mol. The number of hydrogen-bond acceptors (Lipinski definition) is 0. The molecular weight excluding hydrogens is 220 g/mol. The van der Waals surface area contributed by atoms with Gasteiger partial charge in [-0.15, -0.1) is 0 Å². The highest BCUT2D eigenvalue weighted by Crippen LogP contribution is 2.41. The van der Waals surface area contributed by atoms with Crippen LogP contribution in [0, 0.1) is 13.8 Å². The molecule has 0 N–H and O–H groups in total. The number of allylic oxidation sites excluding steroid dienone is 1. The summed E-state index contributed by atoms with van der Waals surface area (Å²) in [5, 5.41) is 0. The van der Waals surface area contributed by atoms with Crippen LogP contribution in [-0.2, 0) is 0 Å². The van der Waals surface area contributed by atoms with E-state index in [0.29, 0.717) is 5.54 Å². The number of aryl methyl sites for hydroxylation is 2. The molecule has 0 heterocycles. The summed E-state index contributed by atoms with van der Waals surface area (Å²) in [6.45, 7) is 8.81. The van der Waals surface area contributed by atoms with Gasteiger partial charge >= 0.3 is 0 Å². The molecule has 15 heavy (non-hydrogen) atoms. The fraction of sp³-hybridized carbons (Fsp3) is 0.385. The minimum atomic E-state index is -1.64. The molecule has 1 aromatic rings. The van der Waals surface area contributed by atoms with Crippen molar-refractivity contribution >= 4 is 24.5 Å². The van der Waals surface area contributed by atoms with Gasteiger partial charge in [-0.1, -0.05) is 37.4 Å². The minimum Gasteiger partial charge on any atom is -0.167 e. The minimum absolute atomic E-state index is 0.481. The van der Waals surface area contributed by atoms with Gasteiger partial charge in [0.2, 0.25) is 0 Å². The fourth-order valence-electron chi connectivity index (χ4n) is 2.35. The molecule has 80 valence electrons. The summed E-state index contributed by atoms with van der Waals surface area (Å²) in [5.74, 6) is 0. The van der Waals surface area contributed by atoms with Gasteiger partial charge in [0, 0.05) is 5.54 Å². The van der Waals surface area contributed by atoms with Crippen LogP contribution in [0.4, 0.5) is 0 Å². The smallest absolute Gasteiger partial charge is 0.161 e. The summed E-state index contributed by atoms with van der Waals surface area (Å²) in [7, 11) is -1.64. The Morgan fingerprint density at radius 2 is 1.73 bits per heavy atom. The third kappa shape index (κ3) is 1.79. The topological polar surface area (TPSA) is 0 Å². The number of halogens is 1. The number of rotatable bonds is 1. The van der Waals surface area contributed by atoms with Crippen LogP contribution in [0.3, 0.4) is 0 Å². The molecule has 1 unspecified atom stereocenters. The summed E-state index contributed by atoms with van der Waals surface area (Å²) in [4.78, 5) is 0. The Balaban J connectivity index is 2.60. The lowest BCUT2D eigenvalue weighted by molar-refractivity contribution is 1.14. The maximum atomic E-state index is 6.58. The Labute approximate surface area is 97.7 Å². The molecule has 0 fully saturated rings. The molecule has 0 nitrogen and oxygen atoms in total. The third-order valence-electron chi connectivity index (χ3n) is 3.23. The van der Waals surface area contributed by atoms with Crippen LogP contribution in [0.25, 0.3) is 6.08 Å². The van der Waals surface area contributed by atoms with Crippen LogP contribution in [0.5, 0.6) is 0 Å². The van der Waals surface area contributed by atoms with Crippen LogP contribution in [0.2, 0.25) is 13.1 Å². The van der Waals surface area contributed by atoms with Gasteiger partial charge in [-0.2, -0.15) is 11.1 Å². The van der Waals surface area contributed by atoms with Crippen molar-refractivity contribution in [1.29, 1.82) is 0 Å². The van der Waals surface area contributed by atoms with Gasteiger partial charge in [-0.25, -0.2) is 0 Å². The zero-order chi connectivity index (χ0) is 11.2. The van der Waals surface area contributed by atoms with Gasteiger partial charge in [0.25, 0.3) is 0 Å². The molecule has 0 amide bonds. The van der Waals surface area contributed by atoms with Crippen LogP contribution in [0.1, 0.15) is 27.8 Å². The van der Waals surface area contributed by atoms with Crippen molar-refractivity contribution < 1.29 is 0 Å². The zero-order valence-electron chi connectivity index (χ0n) is 9.76. The lowest BCUT2D eigenvalue weighted by Crippen LogP contribution is -2.26. The van der Waals surface area contributed by atoms with Gasteiger partial charge in [0.15, 0.2) is 7.38 Å². The van der Waals surface area contributed by atoms with E-state index in [9.17, 15) is 0 Å². The molecule has 2 rings (SSSR count). The highest BCUT2D eigenvalue weighted by molar-refractivity contribution is 7.20. The summed E-state index contributed by atoms with van der Waals surface area (Å²) in [6, 6.07) is 4.41. The average molecular weight is 237 g/mol. The van der Waals surface area contributed by atoms with Crippen molar-refractivity contribution in [3.05, 3.63) is 40.5 Å².